The van der Waals surface area contributed by atoms with E-state index in [0.29, 0.717) is 6.04 Å². The smallest absolute Gasteiger partial charge is 0.236 e. The molecule has 0 aromatic rings. The first kappa shape index (κ1) is 13.5. The van der Waals surface area contributed by atoms with Crippen molar-refractivity contribution in [2.75, 3.05) is 7.05 Å². The van der Waals surface area contributed by atoms with Crippen LogP contribution in [0.4, 0.5) is 0 Å². The molecule has 1 saturated carbocycles. The molecule has 0 aromatic carbocycles. The van der Waals surface area contributed by atoms with Crippen LogP contribution in [-0.4, -0.2) is 25.0 Å². The van der Waals surface area contributed by atoms with Crippen LogP contribution in [0.25, 0.3) is 0 Å². The average molecular weight is 226 g/mol. The molecule has 1 amide bonds. The molecule has 0 bridgehead atoms. The quantitative estimate of drug-likeness (QED) is 0.753. The summed E-state index contributed by atoms with van der Waals surface area (Å²) < 4.78 is 0. The van der Waals surface area contributed by atoms with E-state index >= 15 is 0 Å². The van der Waals surface area contributed by atoms with Gasteiger partial charge in [-0.2, -0.15) is 0 Å². The van der Waals surface area contributed by atoms with E-state index in [1.54, 1.807) is 7.05 Å². The van der Waals surface area contributed by atoms with Crippen molar-refractivity contribution in [2.24, 2.45) is 5.92 Å². The third-order valence-corrected chi connectivity index (χ3v) is 3.76. The minimum absolute atomic E-state index is 0.0723. The number of nitrogens with one attached hydrogen (secondary N) is 2. The maximum atomic E-state index is 11.5. The van der Waals surface area contributed by atoms with Gasteiger partial charge in [-0.15, -0.1) is 0 Å². The lowest BCUT2D eigenvalue weighted by atomic mass is 9.82. The Labute approximate surface area is 99.4 Å². The molecule has 1 aliphatic carbocycles. The highest BCUT2D eigenvalue weighted by molar-refractivity contribution is 5.80. The maximum absolute atomic E-state index is 11.5. The second-order valence-electron chi connectivity index (χ2n) is 4.92. The second-order valence-corrected chi connectivity index (χ2v) is 4.92. The van der Waals surface area contributed by atoms with Crippen molar-refractivity contribution in [2.45, 2.75) is 64.5 Å². The Morgan fingerprint density at radius 3 is 2.44 bits per heavy atom. The van der Waals surface area contributed by atoms with Crippen LogP contribution in [0, 0.1) is 5.92 Å². The van der Waals surface area contributed by atoms with Gasteiger partial charge in [0, 0.05) is 13.1 Å². The molecule has 0 heterocycles. The predicted molar refractivity (Wildman–Crippen MR) is 67.3 cm³/mol. The van der Waals surface area contributed by atoms with Crippen molar-refractivity contribution in [3.63, 3.8) is 0 Å². The van der Waals surface area contributed by atoms with Crippen LogP contribution in [0.5, 0.6) is 0 Å². The van der Waals surface area contributed by atoms with Gasteiger partial charge in [-0.25, -0.2) is 0 Å². The normalized spacial score (nSPS) is 21.4. The van der Waals surface area contributed by atoms with Crippen LogP contribution >= 0.6 is 0 Å². The van der Waals surface area contributed by atoms with E-state index in [2.05, 4.69) is 17.6 Å². The van der Waals surface area contributed by atoms with Gasteiger partial charge in [0.15, 0.2) is 0 Å². The van der Waals surface area contributed by atoms with Gasteiger partial charge in [-0.3, -0.25) is 4.79 Å². The lowest BCUT2D eigenvalue weighted by Gasteiger charge is -2.32. The molecule has 0 spiro atoms. The van der Waals surface area contributed by atoms with E-state index < -0.39 is 0 Å². The largest absolute Gasteiger partial charge is 0.358 e. The Bertz CT molecular complexity index is 212. The van der Waals surface area contributed by atoms with E-state index in [9.17, 15) is 4.79 Å². The summed E-state index contributed by atoms with van der Waals surface area (Å²) in [4.78, 5) is 11.5. The first-order valence-electron chi connectivity index (χ1n) is 6.66. The van der Waals surface area contributed by atoms with Crippen LogP contribution in [0.1, 0.15) is 52.4 Å². The number of amides is 1. The van der Waals surface area contributed by atoms with E-state index in [1.807, 2.05) is 6.92 Å². The summed E-state index contributed by atoms with van der Waals surface area (Å²) in [6.07, 6.45) is 7.87. The van der Waals surface area contributed by atoms with Crippen molar-refractivity contribution in [3.05, 3.63) is 0 Å². The summed E-state index contributed by atoms with van der Waals surface area (Å²) in [5.74, 6) is 0.861. The van der Waals surface area contributed by atoms with Gasteiger partial charge in [-0.1, -0.05) is 26.2 Å². The van der Waals surface area contributed by atoms with Crippen LogP contribution in [0.2, 0.25) is 0 Å². The molecule has 2 unspecified atom stereocenters. The second kappa shape index (κ2) is 6.89. The highest BCUT2D eigenvalue weighted by Gasteiger charge is 2.24. The minimum Gasteiger partial charge on any atom is -0.358 e. The molecule has 0 radical (unpaired) electrons. The number of rotatable bonds is 5. The van der Waals surface area contributed by atoms with E-state index in [-0.39, 0.29) is 11.9 Å². The van der Waals surface area contributed by atoms with Crippen molar-refractivity contribution < 1.29 is 4.79 Å². The number of hydrogen-bond acceptors (Lipinski definition) is 2. The molecule has 1 fully saturated rings. The number of carbonyl (C=O) groups is 1. The SMILES string of the molecule is CCC(NC(C)C(=O)NC)C1CCCCC1. The molecule has 3 heteroatoms. The van der Waals surface area contributed by atoms with Crippen LogP contribution < -0.4 is 10.6 Å². The monoisotopic (exact) mass is 226 g/mol. The van der Waals surface area contributed by atoms with Gasteiger partial charge in [-0.05, 0) is 32.1 Å². The van der Waals surface area contributed by atoms with Gasteiger partial charge in [0.05, 0.1) is 6.04 Å². The van der Waals surface area contributed by atoms with E-state index in [0.717, 1.165) is 12.3 Å². The molecule has 3 nitrogen and oxygen atoms in total. The Balaban J connectivity index is 2.43. The molecule has 16 heavy (non-hydrogen) atoms. The third kappa shape index (κ3) is 3.78. The van der Waals surface area contributed by atoms with Gasteiger partial charge < -0.3 is 10.6 Å². The van der Waals surface area contributed by atoms with Gasteiger partial charge in [0.25, 0.3) is 0 Å². The first-order valence-corrected chi connectivity index (χ1v) is 6.66. The van der Waals surface area contributed by atoms with Crippen molar-refractivity contribution in [1.82, 2.24) is 10.6 Å². The van der Waals surface area contributed by atoms with Crippen LogP contribution in [0.3, 0.4) is 0 Å². The minimum atomic E-state index is -0.0723. The number of carbonyl (C=O) groups excluding carboxylic acids is 1. The highest BCUT2D eigenvalue weighted by atomic mass is 16.2. The summed E-state index contributed by atoms with van der Waals surface area (Å²) in [6, 6.07) is 0.435. The fourth-order valence-electron chi connectivity index (χ4n) is 2.74. The molecule has 1 rings (SSSR count). The molecule has 0 aliphatic heterocycles. The molecule has 0 aromatic heterocycles. The number of likely N-dealkylation sites (N-methyl/N-ethyl adjacent to an activating group) is 1. The molecule has 2 N–H and O–H groups in total. The summed E-state index contributed by atoms with van der Waals surface area (Å²) >= 11 is 0. The topological polar surface area (TPSA) is 41.1 Å². The lowest BCUT2D eigenvalue weighted by Crippen LogP contribution is -2.48. The predicted octanol–water partition coefficient (Wildman–Crippen LogP) is 2.07. The Hall–Kier alpha value is -0.570. The third-order valence-electron chi connectivity index (χ3n) is 3.76. The van der Waals surface area contributed by atoms with E-state index in [1.165, 1.54) is 32.1 Å². The Morgan fingerprint density at radius 2 is 1.94 bits per heavy atom. The lowest BCUT2D eigenvalue weighted by molar-refractivity contribution is -0.122. The summed E-state index contributed by atoms with van der Waals surface area (Å²) in [6.45, 7) is 4.16. The van der Waals surface area contributed by atoms with Gasteiger partial charge >= 0.3 is 0 Å². The zero-order valence-electron chi connectivity index (χ0n) is 10.9. The fraction of sp³-hybridized carbons (Fsp3) is 0.923. The zero-order chi connectivity index (χ0) is 12.0. The fourth-order valence-corrected chi connectivity index (χ4v) is 2.74. The zero-order valence-corrected chi connectivity index (χ0v) is 10.9. The van der Waals surface area contributed by atoms with Gasteiger partial charge in [0.1, 0.15) is 0 Å². The van der Waals surface area contributed by atoms with Crippen LogP contribution in [0.15, 0.2) is 0 Å². The molecular formula is C13H26N2O. The van der Waals surface area contributed by atoms with E-state index in [4.69, 9.17) is 0 Å². The van der Waals surface area contributed by atoms with Gasteiger partial charge in [0.2, 0.25) is 5.91 Å². The van der Waals surface area contributed by atoms with Crippen molar-refractivity contribution >= 4 is 5.91 Å². The maximum Gasteiger partial charge on any atom is 0.236 e. The summed E-state index contributed by atoms with van der Waals surface area (Å²) in [5.41, 5.74) is 0. The van der Waals surface area contributed by atoms with Crippen LogP contribution in [-0.2, 0) is 4.79 Å². The molecule has 2 atom stereocenters. The Kier molecular flexibility index (Phi) is 5.81. The first-order chi connectivity index (χ1) is 7.69. The molecular weight excluding hydrogens is 200 g/mol. The standard InChI is InChI=1S/C13H26N2O/c1-4-12(11-8-6-5-7-9-11)15-10(2)13(16)14-3/h10-12,15H,4-9H2,1-3H3,(H,14,16). The van der Waals surface area contributed by atoms with Crippen molar-refractivity contribution in [1.29, 1.82) is 0 Å². The summed E-state index contributed by atoms with van der Waals surface area (Å²) in [7, 11) is 1.70. The Morgan fingerprint density at radius 1 is 1.31 bits per heavy atom. The molecule has 94 valence electrons. The van der Waals surface area contributed by atoms with Crippen molar-refractivity contribution in [3.8, 4) is 0 Å². The molecule has 0 saturated heterocycles. The summed E-state index contributed by atoms with van der Waals surface area (Å²) in [5, 5.41) is 6.17. The number of hydrogen-bond donors (Lipinski definition) is 2. The highest BCUT2D eigenvalue weighted by Crippen LogP contribution is 2.27. The average Bonchev–Trinajstić information content (AvgIpc) is 2.35. The molecule has 1 aliphatic rings.